The molecule has 0 saturated heterocycles. The zero-order chi connectivity index (χ0) is 14.9. The van der Waals surface area contributed by atoms with E-state index in [0.717, 1.165) is 11.1 Å². The molecule has 0 aliphatic rings. The van der Waals surface area contributed by atoms with Crippen LogP contribution in [0.25, 0.3) is 11.1 Å². The minimum Gasteiger partial charge on any atom is -0.404 e. The molecule has 20 heavy (non-hydrogen) atoms. The first kappa shape index (κ1) is 14.5. The fraction of sp³-hybridized carbons (Fsp3) is 0.143. The van der Waals surface area contributed by atoms with Crippen LogP contribution < -0.4 is 10.5 Å². The third kappa shape index (κ3) is 3.36. The fourth-order valence-electron chi connectivity index (χ4n) is 1.87. The van der Waals surface area contributed by atoms with Crippen LogP contribution in [0.3, 0.4) is 0 Å². The summed E-state index contributed by atoms with van der Waals surface area (Å²) in [5.74, 6) is -0.413. The molecule has 2 rings (SSSR count). The number of nitrogens with two attached hydrogens (primary N) is 1. The monoisotopic (exact) mass is 301 g/mol. The summed E-state index contributed by atoms with van der Waals surface area (Å²) < 4.78 is 40.8. The molecule has 2 aromatic carbocycles. The van der Waals surface area contributed by atoms with Crippen molar-refractivity contribution in [2.45, 2.75) is 13.3 Å². The van der Waals surface area contributed by atoms with Gasteiger partial charge in [-0.3, -0.25) is 0 Å². The van der Waals surface area contributed by atoms with Crippen molar-refractivity contribution in [2.75, 3.05) is 5.73 Å². The number of halogens is 4. The van der Waals surface area contributed by atoms with Crippen LogP contribution in [0.15, 0.2) is 36.4 Å². The van der Waals surface area contributed by atoms with Crippen LogP contribution in [0.5, 0.6) is 5.75 Å². The zero-order valence-electron chi connectivity index (χ0n) is 10.5. The summed E-state index contributed by atoms with van der Waals surface area (Å²) in [6, 6.07) is 9.42. The van der Waals surface area contributed by atoms with Gasteiger partial charge in [0.2, 0.25) is 0 Å². The Bertz CT molecular complexity index is 641. The number of alkyl halides is 3. The van der Waals surface area contributed by atoms with E-state index >= 15 is 0 Å². The van der Waals surface area contributed by atoms with E-state index in [2.05, 4.69) is 4.74 Å². The Morgan fingerprint density at radius 1 is 1.10 bits per heavy atom. The van der Waals surface area contributed by atoms with Gasteiger partial charge in [-0.15, -0.1) is 13.2 Å². The third-order valence-electron chi connectivity index (χ3n) is 2.74. The number of nitrogen functional groups attached to an aromatic ring is 1. The lowest BCUT2D eigenvalue weighted by atomic mass is 10.00. The van der Waals surface area contributed by atoms with Gasteiger partial charge < -0.3 is 10.5 Å². The van der Waals surface area contributed by atoms with Crippen LogP contribution in [-0.2, 0) is 0 Å². The standard InChI is InChI=1S/C14H11ClF3NO/c1-8-6-10(15)3-4-11(8)9-2-5-12(19)13(7-9)20-14(16,17)18/h2-7H,19H2,1H3. The second-order valence-electron chi connectivity index (χ2n) is 4.26. The molecular formula is C14H11ClF3NO. The topological polar surface area (TPSA) is 35.2 Å². The molecule has 0 spiro atoms. The van der Waals surface area contributed by atoms with Gasteiger partial charge in [-0.1, -0.05) is 23.7 Å². The van der Waals surface area contributed by atoms with E-state index < -0.39 is 12.1 Å². The van der Waals surface area contributed by atoms with Crippen molar-refractivity contribution in [1.82, 2.24) is 0 Å². The SMILES string of the molecule is Cc1cc(Cl)ccc1-c1ccc(N)c(OC(F)(F)F)c1. The molecular weight excluding hydrogens is 291 g/mol. The lowest BCUT2D eigenvalue weighted by Gasteiger charge is -2.13. The number of hydrogen-bond acceptors (Lipinski definition) is 2. The molecule has 0 unspecified atom stereocenters. The van der Waals surface area contributed by atoms with E-state index in [4.69, 9.17) is 17.3 Å². The van der Waals surface area contributed by atoms with Gasteiger partial charge in [0.1, 0.15) is 0 Å². The summed E-state index contributed by atoms with van der Waals surface area (Å²) in [6.07, 6.45) is -4.78. The van der Waals surface area contributed by atoms with Gasteiger partial charge in [-0.25, -0.2) is 0 Å². The average molecular weight is 302 g/mol. The van der Waals surface area contributed by atoms with Crippen LogP contribution in [0.4, 0.5) is 18.9 Å². The predicted octanol–water partition coefficient (Wildman–Crippen LogP) is 4.80. The van der Waals surface area contributed by atoms with E-state index in [1.54, 1.807) is 24.3 Å². The molecule has 106 valence electrons. The van der Waals surface area contributed by atoms with Gasteiger partial charge in [0.05, 0.1) is 5.69 Å². The van der Waals surface area contributed by atoms with Gasteiger partial charge in [0.15, 0.2) is 5.75 Å². The molecule has 0 bridgehead atoms. The van der Waals surface area contributed by atoms with E-state index in [0.29, 0.717) is 10.6 Å². The van der Waals surface area contributed by atoms with Gasteiger partial charge in [0.25, 0.3) is 0 Å². The number of rotatable bonds is 2. The normalized spacial score (nSPS) is 11.4. The van der Waals surface area contributed by atoms with Gasteiger partial charge in [-0.2, -0.15) is 0 Å². The molecule has 0 aliphatic carbocycles. The predicted molar refractivity (Wildman–Crippen MR) is 72.7 cm³/mol. The molecule has 0 aliphatic heterocycles. The lowest BCUT2D eigenvalue weighted by molar-refractivity contribution is -0.274. The van der Waals surface area contributed by atoms with Crippen molar-refractivity contribution in [3.8, 4) is 16.9 Å². The first-order valence-electron chi connectivity index (χ1n) is 5.68. The molecule has 2 aromatic rings. The first-order valence-corrected chi connectivity index (χ1v) is 6.06. The minimum atomic E-state index is -4.78. The highest BCUT2D eigenvalue weighted by atomic mass is 35.5. The number of ether oxygens (including phenoxy) is 1. The number of aryl methyl sites for hydroxylation is 1. The van der Waals surface area contributed by atoms with Crippen molar-refractivity contribution in [1.29, 1.82) is 0 Å². The summed E-state index contributed by atoms with van der Waals surface area (Å²) >= 11 is 5.85. The highest BCUT2D eigenvalue weighted by molar-refractivity contribution is 6.30. The van der Waals surface area contributed by atoms with Crippen molar-refractivity contribution in [3.05, 3.63) is 47.0 Å². The van der Waals surface area contributed by atoms with E-state index in [9.17, 15) is 13.2 Å². The zero-order valence-corrected chi connectivity index (χ0v) is 11.2. The molecule has 0 amide bonds. The van der Waals surface area contributed by atoms with Crippen LogP contribution >= 0.6 is 11.6 Å². The van der Waals surface area contributed by atoms with Crippen LogP contribution in [-0.4, -0.2) is 6.36 Å². The summed E-state index contributed by atoms with van der Waals surface area (Å²) in [5.41, 5.74) is 7.61. The molecule has 0 saturated carbocycles. The maximum Gasteiger partial charge on any atom is 0.573 e. The quantitative estimate of drug-likeness (QED) is 0.809. The Hall–Kier alpha value is -1.88. The number of benzene rings is 2. The van der Waals surface area contributed by atoms with E-state index in [-0.39, 0.29) is 5.69 Å². The maximum atomic E-state index is 12.3. The summed E-state index contributed by atoms with van der Waals surface area (Å²) in [6.45, 7) is 1.82. The van der Waals surface area contributed by atoms with Crippen LogP contribution in [0.1, 0.15) is 5.56 Å². The summed E-state index contributed by atoms with van der Waals surface area (Å²) in [7, 11) is 0. The third-order valence-corrected chi connectivity index (χ3v) is 2.97. The Morgan fingerprint density at radius 3 is 2.40 bits per heavy atom. The summed E-state index contributed by atoms with van der Waals surface area (Å²) in [5, 5.41) is 0.563. The Morgan fingerprint density at radius 2 is 1.80 bits per heavy atom. The van der Waals surface area contributed by atoms with Crippen molar-refractivity contribution < 1.29 is 17.9 Å². The minimum absolute atomic E-state index is 0.0716. The highest BCUT2D eigenvalue weighted by Gasteiger charge is 2.32. The van der Waals surface area contributed by atoms with Gasteiger partial charge in [0, 0.05) is 5.02 Å². The molecule has 0 aromatic heterocycles. The first-order chi connectivity index (χ1) is 9.26. The van der Waals surface area contributed by atoms with Gasteiger partial charge >= 0.3 is 6.36 Å². The maximum absolute atomic E-state index is 12.3. The Labute approximate surface area is 118 Å². The van der Waals surface area contributed by atoms with Gasteiger partial charge in [-0.05, 0) is 47.9 Å². The average Bonchev–Trinajstić information content (AvgIpc) is 2.30. The summed E-state index contributed by atoms with van der Waals surface area (Å²) in [4.78, 5) is 0. The molecule has 0 atom stereocenters. The smallest absolute Gasteiger partial charge is 0.404 e. The van der Waals surface area contributed by atoms with Crippen LogP contribution in [0, 0.1) is 6.92 Å². The van der Waals surface area contributed by atoms with E-state index in [1.165, 1.54) is 12.1 Å². The largest absolute Gasteiger partial charge is 0.573 e. The van der Waals surface area contributed by atoms with E-state index in [1.807, 2.05) is 6.92 Å². The lowest BCUT2D eigenvalue weighted by Crippen LogP contribution is -2.18. The number of hydrogen-bond donors (Lipinski definition) is 1. The second kappa shape index (κ2) is 5.25. The fourth-order valence-corrected chi connectivity index (χ4v) is 2.09. The van der Waals surface area contributed by atoms with Crippen molar-refractivity contribution >= 4 is 17.3 Å². The Kier molecular flexibility index (Phi) is 3.81. The molecule has 0 radical (unpaired) electrons. The Balaban J connectivity index is 2.45. The van der Waals surface area contributed by atoms with Crippen molar-refractivity contribution in [2.24, 2.45) is 0 Å². The molecule has 0 heterocycles. The molecule has 0 fully saturated rings. The van der Waals surface area contributed by atoms with Crippen LogP contribution in [0.2, 0.25) is 5.02 Å². The highest BCUT2D eigenvalue weighted by Crippen LogP contribution is 2.34. The second-order valence-corrected chi connectivity index (χ2v) is 4.70. The van der Waals surface area contributed by atoms with Crippen molar-refractivity contribution in [3.63, 3.8) is 0 Å². The molecule has 2 nitrogen and oxygen atoms in total. The molecule has 2 N–H and O–H groups in total. The number of anilines is 1. The molecule has 6 heteroatoms.